The minimum atomic E-state index is -3.34. The highest BCUT2D eigenvalue weighted by atomic mass is 32.2. The molecule has 0 aromatic heterocycles. The predicted molar refractivity (Wildman–Crippen MR) is 72.5 cm³/mol. The molecule has 0 fully saturated rings. The van der Waals surface area contributed by atoms with E-state index in [2.05, 4.69) is 5.32 Å². The Balaban J connectivity index is 4.55. The minimum absolute atomic E-state index is 0.188. The van der Waals surface area contributed by atoms with Crippen molar-refractivity contribution in [3.05, 3.63) is 0 Å². The molecule has 1 amide bonds. The molecule has 18 heavy (non-hydrogen) atoms. The number of hydrogen-bond acceptors (Lipinski definition) is 4. The second-order valence-electron chi connectivity index (χ2n) is 5.43. The standard InChI is InChI=1S/C11H25N3O3S/c1-9(2)6-11(3,8-12)13-10(15)7-14(4)18(5,16)17/h9H,6-8,12H2,1-5H3,(H,13,15). The second kappa shape index (κ2) is 6.49. The summed E-state index contributed by atoms with van der Waals surface area (Å²) >= 11 is 0. The van der Waals surface area contributed by atoms with Gasteiger partial charge in [0, 0.05) is 19.1 Å². The zero-order valence-corrected chi connectivity index (χ0v) is 12.7. The monoisotopic (exact) mass is 279 g/mol. The molecule has 0 spiro atoms. The van der Waals surface area contributed by atoms with Crippen molar-refractivity contribution in [1.82, 2.24) is 9.62 Å². The number of nitrogens with zero attached hydrogens (tertiary/aromatic N) is 1. The lowest BCUT2D eigenvalue weighted by Crippen LogP contribution is -2.54. The number of nitrogens with one attached hydrogen (secondary N) is 1. The van der Waals surface area contributed by atoms with Crippen LogP contribution in [0.4, 0.5) is 0 Å². The minimum Gasteiger partial charge on any atom is -0.349 e. The van der Waals surface area contributed by atoms with Gasteiger partial charge >= 0.3 is 0 Å². The van der Waals surface area contributed by atoms with Crippen LogP contribution >= 0.6 is 0 Å². The quantitative estimate of drug-likeness (QED) is 0.672. The number of hydrogen-bond donors (Lipinski definition) is 2. The largest absolute Gasteiger partial charge is 0.349 e. The van der Waals surface area contributed by atoms with Crippen LogP contribution in [-0.4, -0.2) is 50.6 Å². The number of carbonyl (C=O) groups is 1. The lowest BCUT2D eigenvalue weighted by Gasteiger charge is -2.31. The van der Waals surface area contributed by atoms with Crippen LogP contribution in [0.15, 0.2) is 0 Å². The average molecular weight is 279 g/mol. The van der Waals surface area contributed by atoms with Gasteiger partial charge in [0.15, 0.2) is 0 Å². The third-order valence-electron chi connectivity index (χ3n) is 2.68. The molecule has 0 radical (unpaired) electrons. The third-order valence-corrected chi connectivity index (χ3v) is 3.94. The molecule has 0 bridgehead atoms. The molecule has 1 unspecified atom stereocenters. The van der Waals surface area contributed by atoms with E-state index in [0.29, 0.717) is 12.5 Å². The van der Waals surface area contributed by atoms with E-state index in [0.717, 1.165) is 17.0 Å². The molecule has 6 nitrogen and oxygen atoms in total. The van der Waals surface area contributed by atoms with E-state index in [9.17, 15) is 13.2 Å². The van der Waals surface area contributed by atoms with Gasteiger partial charge < -0.3 is 11.1 Å². The summed E-state index contributed by atoms with van der Waals surface area (Å²) in [5.74, 6) is 0.0583. The Morgan fingerprint density at radius 1 is 1.44 bits per heavy atom. The lowest BCUT2D eigenvalue weighted by atomic mass is 9.91. The van der Waals surface area contributed by atoms with Gasteiger partial charge in [-0.25, -0.2) is 8.42 Å². The van der Waals surface area contributed by atoms with E-state index in [1.54, 1.807) is 0 Å². The van der Waals surface area contributed by atoms with Gasteiger partial charge in [-0.1, -0.05) is 13.8 Å². The first-order valence-electron chi connectivity index (χ1n) is 5.92. The number of carbonyl (C=O) groups excluding carboxylic acids is 1. The summed E-state index contributed by atoms with van der Waals surface area (Å²) < 4.78 is 23.4. The van der Waals surface area contributed by atoms with Crippen LogP contribution in [0.5, 0.6) is 0 Å². The molecule has 0 aliphatic heterocycles. The summed E-state index contributed by atoms with van der Waals surface area (Å²) in [6.45, 7) is 6.09. The molecule has 0 aromatic carbocycles. The van der Waals surface area contributed by atoms with E-state index in [1.165, 1.54) is 7.05 Å². The van der Waals surface area contributed by atoms with E-state index in [1.807, 2.05) is 20.8 Å². The normalized spacial score (nSPS) is 15.8. The highest BCUT2D eigenvalue weighted by Crippen LogP contribution is 2.15. The fourth-order valence-corrected chi connectivity index (χ4v) is 2.13. The molecule has 7 heteroatoms. The number of nitrogens with two attached hydrogens (primary N) is 1. The maximum atomic E-state index is 11.8. The zero-order chi connectivity index (χ0) is 14.6. The van der Waals surface area contributed by atoms with Crippen molar-refractivity contribution in [3.8, 4) is 0 Å². The van der Waals surface area contributed by atoms with Gasteiger partial charge in [-0.15, -0.1) is 0 Å². The van der Waals surface area contributed by atoms with Crippen molar-refractivity contribution in [1.29, 1.82) is 0 Å². The topological polar surface area (TPSA) is 92.5 Å². The smallest absolute Gasteiger partial charge is 0.235 e. The van der Waals surface area contributed by atoms with Crippen LogP contribution in [0.2, 0.25) is 0 Å². The van der Waals surface area contributed by atoms with Crippen LogP contribution in [0.25, 0.3) is 0 Å². The van der Waals surface area contributed by atoms with Crippen LogP contribution in [-0.2, 0) is 14.8 Å². The second-order valence-corrected chi connectivity index (χ2v) is 7.52. The maximum absolute atomic E-state index is 11.8. The number of sulfonamides is 1. The summed E-state index contributed by atoms with van der Waals surface area (Å²) in [5, 5.41) is 2.81. The fraction of sp³-hybridized carbons (Fsp3) is 0.909. The molecule has 108 valence electrons. The highest BCUT2D eigenvalue weighted by Gasteiger charge is 2.27. The Hall–Kier alpha value is -0.660. The van der Waals surface area contributed by atoms with Crippen molar-refractivity contribution < 1.29 is 13.2 Å². The number of likely N-dealkylation sites (N-methyl/N-ethyl adjacent to an activating group) is 1. The van der Waals surface area contributed by atoms with Crippen molar-refractivity contribution in [3.63, 3.8) is 0 Å². The Morgan fingerprint density at radius 2 is 1.94 bits per heavy atom. The summed E-state index contributed by atoms with van der Waals surface area (Å²) in [6.07, 6.45) is 1.81. The molecule has 0 saturated carbocycles. The van der Waals surface area contributed by atoms with Gasteiger partial charge in [0.05, 0.1) is 12.8 Å². The molecule has 0 aliphatic carbocycles. The summed E-state index contributed by atoms with van der Waals surface area (Å²) in [6, 6.07) is 0. The Bertz CT molecular complexity index is 381. The first-order chi connectivity index (χ1) is 8.00. The molecule has 0 aliphatic rings. The van der Waals surface area contributed by atoms with E-state index in [-0.39, 0.29) is 12.5 Å². The number of amides is 1. The molecule has 0 heterocycles. The lowest BCUT2D eigenvalue weighted by molar-refractivity contribution is -0.123. The van der Waals surface area contributed by atoms with Crippen LogP contribution in [0.3, 0.4) is 0 Å². The predicted octanol–water partition coefficient (Wildman–Crippen LogP) is -0.242. The average Bonchev–Trinajstić information content (AvgIpc) is 2.14. The SMILES string of the molecule is CC(C)CC(C)(CN)NC(=O)CN(C)S(C)(=O)=O. The number of rotatable bonds is 7. The van der Waals surface area contributed by atoms with Gasteiger partial charge in [0.2, 0.25) is 15.9 Å². The van der Waals surface area contributed by atoms with Gasteiger partial charge in [0.1, 0.15) is 0 Å². The Kier molecular flexibility index (Phi) is 6.25. The van der Waals surface area contributed by atoms with Crippen LogP contribution in [0.1, 0.15) is 27.2 Å². The zero-order valence-electron chi connectivity index (χ0n) is 11.9. The van der Waals surface area contributed by atoms with Crippen molar-refractivity contribution >= 4 is 15.9 Å². The first-order valence-corrected chi connectivity index (χ1v) is 7.77. The summed E-state index contributed by atoms with van der Waals surface area (Å²) in [7, 11) is -1.97. The summed E-state index contributed by atoms with van der Waals surface area (Å²) in [5.41, 5.74) is 5.18. The van der Waals surface area contributed by atoms with Gasteiger partial charge in [-0.05, 0) is 19.3 Å². The molecular formula is C11H25N3O3S. The van der Waals surface area contributed by atoms with Crippen molar-refractivity contribution in [2.75, 3.05) is 26.4 Å². The molecule has 0 aromatic rings. The van der Waals surface area contributed by atoms with Crippen molar-refractivity contribution in [2.24, 2.45) is 11.7 Å². The maximum Gasteiger partial charge on any atom is 0.235 e. The Labute approximate surface area is 110 Å². The van der Waals surface area contributed by atoms with E-state index in [4.69, 9.17) is 5.73 Å². The molecule has 1 atom stereocenters. The van der Waals surface area contributed by atoms with Gasteiger partial charge in [0.25, 0.3) is 0 Å². The highest BCUT2D eigenvalue weighted by molar-refractivity contribution is 7.88. The first kappa shape index (κ1) is 17.3. The Morgan fingerprint density at radius 3 is 2.28 bits per heavy atom. The molecule has 0 saturated heterocycles. The summed E-state index contributed by atoms with van der Waals surface area (Å²) in [4.78, 5) is 11.8. The molecular weight excluding hydrogens is 254 g/mol. The van der Waals surface area contributed by atoms with Crippen LogP contribution in [0, 0.1) is 5.92 Å². The van der Waals surface area contributed by atoms with E-state index >= 15 is 0 Å². The molecule has 0 rings (SSSR count). The fourth-order valence-electron chi connectivity index (χ4n) is 1.78. The van der Waals surface area contributed by atoms with Crippen molar-refractivity contribution in [2.45, 2.75) is 32.7 Å². The molecule has 3 N–H and O–H groups in total. The third kappa shape index (κ3) is 6.32. The van der Waals surface area contributed by atoms with E-state index < -0.39 is 15.6 Å². The van der Waals surface area contributed by atoms with Crippen LogP contribution < -0.4 is 11.1 Å². The van der Waals surface area contributed by atoms with Gasteiger partial charge in [-0.3, -0.25) is 4.79 Å². The van der Waals surface area contributed by atoms with Gasteiger partial charge in [-0.2, -0.15) is 4.31 Å².